The molecule has 0 unspecified atom stereocenters. The topological polar surface area (TPSA) is 85.3 Å². The molecule has 2 aromatic heterocycles. The minimum Gasteiger partial charge on any atom is -0.507 e. The van der Waals surface area contributed by atoms with Gasteiger partial charge >= 0.3 is 5.63 Å². The molecule has 6 nitrogen and oxygen atoms in total. The molecule has 4 rings (SSSR count). The van der Waals surface area contributed by atoms with E-state index in [1.807, 2.05) is 36.4 Å². The predicted molar refractivity (Wildman–Crippen MR) is 102 cm³/mol. The van der Waals surface area contributed by atoms with E-state index >= 15 is 0 Å². The Hall–Kier alpha value is -3.67. The van der Waals surface area contributed by atoms with Crippen LogP contribution in [0.15, 0.2) is 74.7 Å². The summed E-state index contributed by atoms with van der Waals surface area (Å²) in [5.41, 5.74) is 0.507. The Morgan fingerprint density at radius 1 is 1.04 bits per heavy atom. The first kappa shape index (κ1) is 16.8. The van der Waals surface area contributed by atoms with Crippen LogP contribution in [0.4, 0.5) is 0 Å². The Morgan fingerprint density at radius 3 is 2.48 bits per heavy atom. The van der Waals surface area contributed by atoms with Crippen molar-refractivity contribution >= 4 is 11.0 Å². The van der Waals surface area contributed by atoms with Crippen LogP contribution in [0, 0.1) is 6.92 Å². The maximum absolute atomic E-state index is 13.2. The Bertz CT molecular complexity index is 1260. The number of hydrogen-bond donors (Lipinski definition) is 1. The van der Waals surface area contributed by atoms with Gasteiger partial charge in [-0.1, -0.05) is 42.5 Å². The van der Waals surface area contributed by atoms with Crippen LogP contribution in [0.2, 0.25) is 0 Å². The zero-order chi connectivity index (χ0) is 19.0. The molecule has 2 aromatic carbocycles. The van der Waals surface area contributed by atoms with E-state index < -0.39 is 11.2 Å². The Morgan fingerprint density at radius 2 is 1.74 bits per heavy atom. The summed E-state index contributed by atoms with van der Waals surface area (Å²) in [7, 11) is 0. The van der Waals surface area contributed by atoms with E-state index in [-0.39, 0.29) is 22.8 Å². The van der Waals surface area contributed by atoms with Gasteiger partial charge in [0.05, 0.1) is 17.6 Å². The summed E-state index contributed by atoms with van der Waals surface area (Å²) >= 11 is 0. The summed E-state index contributed by atoms with van der Waals surface area (Å²) in [5, 5.41) is 10.3. The smallest absolute Gasteiger partial charge is 0.349 e. The van der Waals surface area contributed by atoms with Gasteiger partial charge in [0, 0.05) is 6.07 Å². The second-order valence-electron chi connectivity index (χ2n) is 6.23. The van der Waals surface area contributed by atoms with Crippen LogP contribution >= 0.6 is 0 Å². The van der Waals surface area contributed by atoms with Gasteiger partial charge < -0.3 is 14.1 Å². The van der Waals surface area contributed by atoms with Gasteiger partial charge in [0.15, 0.2) is 0 Å². The summed E-state index contributed by atoms with van der Waals surface area (Å²) in [6, 6.07) is 18.0. The molecule has 0 aliphatic carbocycles. The molecule has 0 amide bonds. The molecule has 6 heteroatoms. The average molecular weight is 360 g/mol. The molecule has 0 saturated heterocycles. The molecule has 4 aromatic rings. The number of hydrogen-bond acceptors (Lipinski definition) is 5. The van der Waals surface area contributed by atoms with Gasteiger partial charge in [-0.3, -0.25) is 4.79 Å². The molecule has 0 fully saturated rings. The number of para-hydroxylation sites is 2. The van der Waals surface area contributed by atoms with E-state index in [1.165, 1.54) is 6.07 Å². The zero-order valence-corrected chi connectivity index (χ0v) is 14.5. The SMILES string of the molecule is Cc1cc(O)c(-c2nc3ccccc3n(Cc3ccccc3)c2=O)c(=O)o1. The number of aromatic nitrogens is 2. The Kier molecular flexibility index (Phi) is 4.08. The van der Waals surface area contributed by atoms with Gasteiger partial charge in [0.25, 0.3) is 5.56 Å². The largest absolute Gasteiger partial charge is 0.507 e. The van der Waals surface area contributed by atoms with Crippen molar-refractivity contribution in [2.75, 3.05) is 0 Å². The minimum absolute atomic E-state index is 0.129. The van der Waals surface area contributed by atoms with E-state index in [4.69, 9.17) is 4.42 Å². The number of rotatable bonds is 3. The number of aryl methyl sites for hydroxylation is 1. The fraction of sp³-hybridized carbons (Fsp3) is 0.0952. The molecule has 0 atom stereocenters. The third-order valence-electron chi connectivity index (χ3n) is 4.33. The Labute approximate surface area is 154 Å². The van der Waals surface area contributed by atoms with Crippen molar-refractivity contribution in [1.29, 1.82) is 0 Å². The molecular formula is C21H16N2O4. The molecule has 0 bridgehead atoms. The first-order chi connectivity index (χ1) is 13.0. The summed E-state index contributed by atoms with van der Waals surface area (Å²) in [4.78, 5) is 29.8. The van der Waals surface area contributed by atoms with Crippen LogP contribution in [0.5, 0.6) is 5.75 Å². The van der Waals surface area contributed by atoms with Crippen LogP contribution in [0.25, 0.3) is 22.3 Å². The van der Waals surface area contributed by atoms with Crippen LogP contribution < -0.4 is 11.2 Å². The summed E-state index contributed by atoms with van der Waals surface area (Å²) < 4.78 is 6.61. The van der Waals surface area contributed by atoms with Crippen molar-refractivity contribution in [3.8, 4) is 17.0 Å². The highest BCUT2D eigenvalue weighted by Gasteiger charge is 2.20. The molecule has 0 radical (unpaired) electrons. The van der Waals surface area contributed by atoms with Gasteiger partial charge in [-0.15, -0.1) is 0 Å². The third-order valence-corrected chi connectivity index (χ3v) is 4.33. The zero-order valence-electron chi connectivity index (χ0n) is 14.5. The van der Waals surface area contributed by atoms with Crippen LogP contribution in [-0.4, -0.2) is 14.7 Å². The fourth-order valence-corrected chi connectivity index (χ4v) is 3.09. The standard InChI is InChI=1S/C21H16N2O4/c1-13-11-17(24)18(21(26)27-13)19-20(25)23(12-14-7-3-2-4-8-14)16-10-6-5-9-15(16)22-19/h2-11,24H,12H2,1H3. The molecule has 0 aliphatic rings. The van der Waals surface area contributed by atoms with Crippen LogP contribution in [-0.2, 0) is 6.54 Å². The lowest BCUT2D eigenvalue weighted by Gasteiger charge is -2.12. The molecule has 0 saturated carbocycles. The van der Waals surface area contributed by atoms with E-state index in [1.54, 1.807) is 29.7 Å². The average Bonchev–Trinajstić information content (AvgIpc) is 2.65. The van der Waals surface area contributed by atoms with Crippen molar-refractivity contribution in [3.05, 3.63) is 92.8 Å². The third kappa shape index (κ3) is 3.01. The number of aromatic hydroxyl groups is 1. The number of fused-ring (bicyclic) bond motifs is 1. The highest BCUT2D eigenvalue weighted by atomic mass is 16.4. The Balaban J connectivity index is 2.03. The second kappa shape index (κ2) is 6.57. The second-order valence-corrected chi connectivity index (χ2v) is 6.23. The summed E-state index contributed by atoms with van der Waals surface area (Å²) in [5.74, 6) is -0.0680. The van der Waals surface area contributed by atoms with Crippen molar-refractivity contribution in [2.24, 2.45) is 0 Å². The first-order valence-corrected chi connectivity index (χ1v) is 8.42. The van der Waals surface area contributed by atoms with Crippen LogP contribution in [0.1, 0.15) is 11.3 Å². The lowest BCUT2D eigenvalue weighted by atomic mass is 10.1. The van der Waals surface area contributed by atoms with Gasteiger partial charge in [-0.25, -0.2) is 9.78 Å². The van der Waals surface area contributed by atoms with E-state index in [2.05, 4.69) is 4.98 Å². The highest BCUT2D eigenvalue weighted by molar-refractivity contribution is 5.78. The minimum atomic E-state index is -0.793. The van der Waals surface area contributed by atoms with Gasteiger partial charge in [-0.05, 0) is 24.6 Å². The van der Waals surface area contributed by atoms with E-state index in [9.17, 15) is 14.7 Å². The molecule has 0 aliphatic heterocycles. The number of benzene rings is 2. The normalized spacial score (nSPS) is 11.0. The molecule has 27 heavy (non-hydrogen) atoms. The molecule has 0 spiro atoms. The van der Waals surface area contributed by atoms with Crippen molar-refractivity contribution in [3.63, 3.8) is 0 Å². The first-order valence-electron chi connectivity index (χ1n) is 8.42. The van der Waals surface area contributed by atoms with E-state index in [0.717, 1.165) is 5.56 Å². The maximum Gasteiger partial charge on any atom is 0.349 e. The van der Waals surface area contributed by atoms with E-state index in [0.29, 0.717) is 17.6 Å². The molecular weight excluding hydrogens is 344 g/mol. The van der Waals surface area contributed by atoms with Gasteiger partial charge in [0.2, 0.25) is 0 Å². The fourth-order valence-electron chi connectivity index (χ4n) is 3.09. The van der Waals surface area contributed by atoms with Crippen molar-refractivity contribution in [1.82, 2.24) is 9.55 Å². The summed E-state index contributed by atoms with van der Waals surface area (Å²) in [6.45, 7) is 1.86. The predicted octanol–water partition coefficient (Wildman–Crippen LogP) is 3.08. The molecule has 134 valence electrons. The lowest BCUT2D eigenvalue weighted by Crippen LogP contribution is -2.26. The van der Waals surface area contributed by atoms with Gasteiger partial charge in [0.1, 0.15) is 22.8 Å². The van der Waals surface area contributed by atoms with Crippen molar-refractivity contribution < 1.29 is 9.52 Å². The van der Waals surface area contributed by atoms with Gasteiger partial charge in [-0.2, -0.15) is 0 Å². The lowest BCUT2D eigenvalue weighted by molar-refractivity contribution is 0.437. The molecule has 1 N–H and O–H groups in total. The van der Waals surface area contributed by atoms with Crippen LogP contribution in [0.3, 0.4) is 0 Å². The molecule has 2 heterocycles. The maximum atomic E-state index is 13.2. The highest BCUT2D eigenvalue weighted by Crippen LogP contribution is 2.24. The summed E-state index contributed by atoms with van der Waals surface area (Å²) in [6.07, 6.45) is 0. The van der Waals surface area contributed by atoms with Crippen molar-refractivity contribution in [2.45, 2.75) is 13.5 Å². The monoisotopic (exact) mass is 360 g/mol. The quantitative estimate of drug-likeness (QED) is 0.607. The number of nitrogens with zero attached hydrogens (tertiary/aromatic N) is 2.